The van der Waals surface area contributed by atoms with Gasteiger partial charge < -0.3 is 5.11 Å². The molecule has 0 radical (unpaired) electrons. The lowest BCUT2D eigenvalue weighted by molar-refractivity contribution is -0.139. The van der Waals surface area contributed by atoms with E-state index in [0.29, 0.717) is 6.54 Å². The summed E-state index contributed by atoms with van der Waals surface area (Å²) in [6.07, 6.45) is 0.953. The number of carboxylic acid groups (broad SMARTS) is 1. The van der Waals surface area contributed by atoms with Crippen molar-refractivity contribution in [2.24, 2.45) is 0 Å². The van der Waals surface area contributed by atoms with Crippen LogP contribution in [0, 0.1) is 6.92 Å². The molecule has 2 aromatic carbocycles. The standard InChI is InChI=1S/C18H21NO2/c1-3-14-8-10-16(11-9-14)17(18(20)21)19-12-15-6-4-13(2)5-7-15/h4-11,17,19H,3,12H2,1-2H3,(H,20,21). The van der Waals surface area contributed by atoms with Gasteiger partial charge in [0.1, 0.15) is 6.04 Å². The number of hydrogen-bond donors (Lipinski definition) is 2. The Kier molecular flexibility index (Phi) is 5.12. The van der Waals surface area contributed by atoms with Gasteiger partial charge in [-0.2, -0.15) is 0 Å². The van der Waals surface area contributed by atoms with Crippen molar-refractivity contribution in [1.82, 2.24) is 5.32 Å². The minimum Gasteiger partial charge on any atom is -0.480 e. The van der Waals surface area contributed by atoms with Gasteiger partial charge in [-0.25, -0.2) is 0 Å². The Bertz CT molecular complexity index is 588. The van der Waals surface area contributed by atoms with Crippen LogP contribution in [0.3, 0.4) is 0 Å². The highest BCUT2D eigenvalue weighted by Gasteiger charge is 2.18. The fourth-order valence-electron chi connectivity index (χ4n) is 2.22. The van der Waals surface area contributed by atoms with E-state index < -0.39 is 12.0 Å². The molecular formula is C18H21NO2. The van der Waals surface area contributed by atoms with Crippen molar-refractivity contribution < 1.29 is 9.90 Å². The minimum absolute atomic E-state index is 0.534. The fourth-order valence-corrected chi connectivity index (χ4v) is 2.22. The molecule has 3 heteroatoms. The zero-order valence-corrected chi connectivity index (χ0v) is 12.5. The van der Waals surface area contributed by atoms with E-state index in [-0.39, 0.29) is 0 Å². The van der Waals surface area contributed by atoms with Gasteiger partial charge in [0, 0.05) is 6.54 Å². The van der Waals surface area contributed by atoms with Gasteiger partial charge in [0.2, 0.25) is 0 Å². The highest BCUT2D eigenvalue weighted by molar-refractivity contribution is 5.75. The Morgan fingerprint density at radius 2 is 1.62 bits per heavy atom. The fraction of sp³-hybridized carbons (Fsp3) is 0.278. The van der Waals surface area contributed by atoms with Crippen LogP contribution in [0.15, 0.2) is 48.5 Å². The summed E-state index contributed by atoms with van der Waals surface area (Å²) in [5.74, 6) is -0.855. The molecule has 2 rings (SSSR count). The third-order valence-electron chi connectivity index (χ3n) is 3.60. The lowest BCUT2D eigenvalue weighted by Crippen LogP contribution is -2.28. The molecule has 0 bridgehead atoms. The summed E-state index contributed by atoms with van der Waals surface area (Å²) in [5.41, 5.74) is 4.27. The molecule has 110 valence electrons. The van der Waals surface area contributed by atoms with Crippen molar-refractivity contribution in [2.75, 3.05) is 0 Å². The van der Waals surface area contributed by atoms with E-state index in [1.807, 2.05) is 55.5 Å². The molecule has 0 saturated heterocycles. The molecule has 21 heavy (non-hydrogen) atoms. The highest BCUT2D eigenvalue weighted by Crippen LogP contribution is 2.16. The van der Waals surface area contributed by atoms with Crippen molar-refractivity contribution >= 4 is 5.97 Å². The van der Waals surface area contributed by atoms with E-state index in [9.17, 15) is 9.90 Å². The number of benzene rings is 2. The quantitative estimate of drug-likeness (QED) is 0.853. The van der Waals surface area contributed by atoms with Crippen LogP contribution >= 0.6 is 0 Å². The van der Waals surface area contributed by atoms with Crippen LogP contribution in [0.5, 0.6) is 0 Å². The smallest absolute Gasteiger partial charge is 0.325 e. The molecule has 2 aromatic rings. The molecule has 1 unspecified atom stereocenters. The SMILES string of the molecule is CCc1ccc(C(NCc2ccc(C)cc2)C(=O)O)cc1. The number of rotatable bonds is 6. The van der Waals surface area contributed by atoms with Crippen molar-refractivity contribution in [3.8, 4) is 0 Å². The summed E-state index contributed by atoms with van der Waals surface area (Å²) in [6.45, 7) is 4.65. The first-order valence-corrected chi connectivity index (χ1v) is 7.20. The van der Waals surface area contributed by atoms with E-state index in [1.54, 1.807) is 0 Å². The first-order valence-electron chi connectivity index (χ1n) is 7.20. The summed E-state index contributed by atoms with van der Waals surface area (Å²) in [5, 5.41) is 12.5. The van der Waals surface area contributed by atoms with Crippen LogP contribution in [0.25, 0.3) is 0 Å². The molecule has 0 aliphatic carbocycles. The molecule has 0 amide bonds. The molecule has 0 fully saturated rings. The van der Waals surface area contributed by atoms with Crippen molar-refractivity contribution in [3.05, 3.63) is 70.8 Å². The van der Waals surface area contributed by atoms with Crippen LogP contribution in [0.2, 0.25) is 0 Å². The van der Waals surface area contributed by atoms with E-state index >= 15 is 0 Å². The minimum atomic E-state index is -0.855. The van der Waals surface area contributed by atoms with Gasteiger partial charge in [-0.1, -0.05) is 61.0 Å². The molecule has 0 aliphatic rings. The van der Waals surface area contributed by atoms with Gasteiger partial charge >= 0.3 is 5.97 Å². The van der Waals surface area contributed by atoms with Gasteiger partial charge in [-0.15, -0.1) is 0 Å². The maximum atomic E-state index is 11.5. The summed E-state index contributed by atoms with van der Waals surface area (Å²) in [6, 6.07) is 15.2. The number of carbonyl (C=O) groups is 1. The Hall–Kier alpha value is -2.13. The molecule has 0 aromatic heterocycles. The number of carboxylic acids is 1. The van der Waals surface area contributed by atoms with E-state index in [4.69, 9.17) is 0 Å². The van der Waals surface area contributed by atoms with Crippen molar-refractivity contribution in [1.29, 1.82) is 0 Å². The third kappa shape index (κ3) is 4.17. The second-order valence-electron chi connectivity index (χ2n) is 5.23. The summed E-state index contributed by atoms with van der Waals surface area (Å²) >= 11 is 0. The predicted molar refractivity (Wildman–Crippen MR) is 84.2 cm³/mol. The maximum absolute atomic E-state index is 11.5. The highest BCUT2D eigenvalue weighted by atomic mass is 16.4. The first kappa shape index (κ1) is 15.3. The lowest BCUT2D eigenvalue weighted by Gasteiger charge is -2.15. The molecule has 1 atom stereocenters. The second kappa shape index (κ2) is 7.04. The van der Waals surface area contributed by atoms with Gasteiger partial charge in [-0.05, 0) is 30.0 Å². The zero-order valence-electron chi connectivity index (χ0n) is 12.5. The number of hydrogen-bond acceptors (Lipinski definition) is 2. The zero-order chi connectivity index (χ0) is 15.2. The lowest BCUT2D eigenvalue weighted by atomic mass is 10.0. The number of aliphatic carboxylic acids is 1. The molecule has 0 aliphatic heterocycles. The van der Waals surface area contributed by atoms with Crippen LogP contribution in [-0.2, 0) is 17.8 Å². The predicted octanol–water partition coefficient (Wildman–Crippen LogP) is 3.47. The van der Waals surface area contributed by atoms with Crippen LogP contribution < -0.4 is 5.32 Å². The van der Waals surface area contributed by atoms with E-state index in [2.05, 4.69) is 12.2 Å². The number of nitrogens with one attached hydrogen (secondary N) is 1. The average Bonchev–Trinajstić information content (AvgIpc) is 2.49. The van der Waals surface area contributed by atoms with Crippen molar-refractivity contribution in [3.63, 3.8) is 0 Å². The molecule has 0 heterocycles. The molecular weight excluding hydrogens is 262 g/mol. The third-order valence-corrected chi connectivity index (χ3v) is 3.60. The van der Waals surface area contributed by atoms with Crippen LogP contribution in [0.4, 0.5) is 0 Å². The summed E-state index contributed by atoms with van der Waals surface area (Å²) < 4.78 is 0. The molecule has 0 saturated carbocycles. The normalized spacial score (nSPS) is 12.1. The topological polar surface area (TPSA) is 49.3 Å². The Labute approximate surface area is 125 Å². The van der Waals surface area contributed by atoms with Gasteiger partial charge in [0.25, 0.3) is 0 Å². The molecule has 0 spiro atoms. The largest absolute Gasteiger partial charge is 0.480 e. The van der Waals surface area contributed by atoms with Gasteiger partial charge in [-0.3, -0.25) is 10.1 Å². The van der Waals surface area contributed by atoms with Crippen LogP contribution in [0.1, 0.15) is 35.2 Å². The van der Waals surface area contributed by atoms with Gasteiger partial charge in [0.15, 0.2) is 0 Å². The Morgan fingerprint density at radius 1 is 1.05 bits per heavy atom. The maximum Gasteiger partial charge on any atom is 0.325 e. The Balaban J connectivity index is 2.08. The van der Waals surface area contributed by atoms with Crippen LogP contribution in [-0.4, -0.2) is 11.1 Å². The monoisotopic (exact) mass is 283 g/mol. The van der Waals surface area contributed by atoms with Gasteiger partial charge in [0.05, 0.1) is 0 Å². The summed E-state index contributed by atoms with van der Waals surface area (Å²) in [7, 11) is 0. The van der Waals surface area contributed by atoms with E-state index in [0.717, 1.165) is 17.5 Å². The second-order valence-corrected chi connectivity index (χ2v) is 5.23. The van der Waals surface area contributed by atoms with Crippen molar-refractivity contribution in [2.45, 2.75) is 32.9 Å². The summed E-state index contributed by atoms with van der Waals surface area (Å²) in [4.78, 5) is 11.5. The first-order chi connectivity index (χ1) is 10.1. The Morgan fingerprint density at radius 3 is 2.14 bits per heavy atom. The molecule has 3 nitrogen and oxygen atoms in total. The molecule has 2 N–H and O–H groups in total. The number of aryl methyl sites for hydroxylation is 2. The average molecular weight is 283 g/mol. The van der Waals surface area contributed by atoms with E-state index in [1.165, 1.54) is 11.1 Å².